The van der Waals surface area contributed by atoms with Crippen molar-refractivity contribution in [1.82, 2.24) is 0 Å². The molecule has 106 valence electrons. The zero-order valence-electron chi connectivity index (χ0n) is 10.4. The first-order chi connectivity index (χ1) is 9.40. The lowest BCUT2D eigenvalue weighted by molar-refractivity contribution is -0.138. The average molecular weight is 283 g/mol. The van der Waals surface area contributed by atoms with E-state index in [1.54, 1.807) is 6.08 Å². The van der Waals surface area contributed by atoms with Crippen LogP contribution in [0.1, 0.15) is 21.5 Å². The smallest absolute Gasteiger partial charge is 0.419 e. The van der Waals surface area contributed by atoms with Gasteiger partial charge in [-0.2, -0.15) is 13.2 Å². The topological polar surface area (TPSA) is 49.7 Å². The molecule has 0 unspecified atom stereocenters. The van der Waals surface area contributed by atoms with Crippen molar-refractivity contribution in [3.05, 3.63) is 53.8 Å². The highest BCUT2D eigenvalue weighted by molar-refractivity contribution is 5.81. The van der Waals surface area contributed by atoms with E-state index in [4.69, 9.17) is 0 Å². The molecular formula is C14H12F3NO2. The summed E-state index contributed by atoms with van der Waals surface area (Å²) in [5.41, 5.74) is -1.40. The van der Waals surface area contributed by atoms with Gasteiger partial charge in [0, 0.05) is 18.8 Å². The van der Waals surface area contributed by atoms with E-state index in [0.717, 1.165) is 6.07 Å². The fraction of sp³-hybridized carbons (Fsp3) is 0.143. The van der Waals surface area contributed by atoms with Gasteiger partial charge in [-0.25, -0.2) is 0 Å². The maximum absolute atomic E-state index is 12.7. The second-order valence-corrected chi connectivity index (χ2v) is 3.81. The Morgan fingerprint density at radius 1 is 1.35 bits per heavy atom. The number of phenols is 1. The lowest BCUT2D eigenvalue weighted by Crippen LogP contribution is -2.08. The molecule has 0 heterocycles. The Balaban J connectivity index is 3.09. The Hall–Kier alpha value is -2.37. The number of aldehydes is 1. The van der Waals surface area contributed by atoms with E-state index >= 15 is 0 Å². The van der Waals surface area contributed by atoms with E-state index in [1.807, 2.05) is 0 Å². The third kappa shape index (κ3) is 4.08. The number of rotatable bonds is 5. The Bertz CT molecular complexity index is 560. The van der Waals surface area contributed by atoms with Gasteiger partial charge in [-0.3, -0.25) is 9.79 Å². The molecule has 0 aliphatic carbocycles. The number of alkyl halides is 3. The molecule has 1 N–H and O–H groups in total. The first kappa shape index (κ1) is 15.7. The Labute approximate surface area is 113 Å². The van der Waals surface area contributed by atoms with Gasteiger partial charge in [-0.05, 0) is 23.8 Å². The zero-order chi connectivity index (χ0) is 15.2. The van der Waals surface area contributed by atoms with Crippen molar-refractivity contribution < 1.29 is 23.1 Å². The Morgan fingerprint density at radius 2 is 2.05 bits per heavy atom. The third-order valence-corrected chi connectivity index (χ3v) is 2.37. The molecule has 6 heteroatoms. The first-order valence-electron chi connectivity index (χ1n) is 5.57. The molecule has 3 nitrogen and oxygen atoms in total. The monoisotopic (exact) mass is 283 g/mol. The lowest BCUT2D eigenvalue weighted by atomic mass is 10.0. The van der Waals surface area contributed by atoms with Crippen LogP contribution in [0.15, 0.2) is 42.1 Å². The van der Waals surface area contributed by atoms with Gasteiger partial charge in [0.25, 0.3) is 0 Å². The molecule has 0 spiro atoms. The molecule has 0 saturated heterocycles. The largest absolute Gasteiger partial charge is 0.507 e. The van der Waals surface area contributed by atoms with Gasteiger partial charge in [0.1, 0.15) is 5.75 Å². The van der Waals surface area contributed by atoms with Gasteiger partial charge in [0.15, 0.2) is 6.29 Å². The van der Waals surface area contributed by atoms with Crippen molar-refractivity contribution in [3.63, 3.8) is 0 Å². The van der Waals surface area contributed by atoms with E-state index in [2.05, 4.69) is 11.6 Å². The highest BCUT2D eigenvalue weighted by atomic mass is 19.4. The van der Waals surface area contributed by atoms with Gasteiger partial charge in [-0.1, -0.05) is 12.7 Å². The normalized spacial score (nSPS) is 12.2. The zero-order valence-corrected chi connectivity index (χ0v) is 10.4. The van der Waals surface area contributed by atoms with Gasteiger partial charge < -0.3 is 5.11 Å². The summed E-state index contributed by atoms with van der Waals surface area (Å²) < 4.78 is 38.1. The summed E-state index contributed by atoms with van der Waals surface area (Å²) in [6.45, 7) is 3.44. The van der Waals surface area contributed by atoms with E-state index in [9.17, 15) is 23.1 Å². The number of allylic oxidation sites excluding steroid dienone is 2. The number of phenolic OH excluding ortho intramolecular Hbond substituents is 1. The molecule has 0 aliphatic heterocycles. The number of aliphatic imine (C=N–C) groups is 1. The molecule has 0 bridgehead atoms. The van der Waals surface area contributed by atoms with Crippen LogP contribution in [0.25, 0.3) is 0 Å². The van der Waals surface area contributed by atoms with Crippen molar-refractivity contribution in [2.24, 2.45) is 4.99 Å². The van der Waals surface area contributed by atoms with Gasteiger partial charge in [0.05, 0.1) is 11.1 Å². The summed E-state index contributed by atoms with van der Waals surface area (Å²) in [4.78, 5) is 14.5. The predicted octanol–water partition coefficient (Wildman–Crippen LogP) is 3.54. The molecule has 1 rings (SSSR count). The summed E-state index contributed by atoms with van der Waals surface area (Å²) in [5.74, 6) is -1.06. The van der Waals surface area contributed by atoms with Crippen molar-refractivity contribution >= 4 is 12.5 Å². The lowest BCUT2D eigenvalue weighted by Gasteiger charge is -2.12. The molecule has 20 heavy (non-hydrogen) atoms. The van der Waals surface area contributed by atoms with Crippen LogP contribution in [0.3, 0.4) is 0 Å². The van der Waals surface area contributed by atoms with Gasteiger partial charge in [-0.15, -0.1) is 0 Å². The van der Waals surface area contributed by atoms with Gasteiger partial charge in [0.2, 0.25) is 0 Å². The number of halogens is 3. The first-order valence-corrected chi connectivity index (χ1v) is 5.57. The third-order valence-electron chi connectivity index (χ3n) is 2.37. The molecule has 0 radical (unpaired) electrons. The number of aromatic hydroxyl groups is 1. The fourth-order valence-electron chi connectivity index (χ4n) is 1.47. The molecule has 0 saturated carbocycles. The summed E-state index contributed by atoms with van der Waals surface area (Å²) >= 11 is 0. The minimum absolute atomic E-state index is 0.103. The molecule has 0 amide bonds. The predicted molar refractivity (Wildman–Crippen MR) is 70.0 cm³/mol. The minimum Gasteiger partial charge on any atom is -0.507 e. The van der Waals surface area contributed by atoms with Gasteiger partial charge >= 0.3 is 6.18 Å². The van der Waals surface area contributed by atoms with Crippen LogP contribution in [0.2, 0.25) is 0 Å². The number of hydrogen-bond acceptors (Lipinski definition) is 3. The maximum atomic E-state index is 12.7. The van der Waals surface area contributed by atoms with E-state index < -0.39 is 23.1 Å². The van der Waals surface area contributed by atoms with Crippen LogP contribution in [0.5, 0.6) is 5.75 Å². The molecular weight excluding hydrogens is 271 g/mol. The highest BCUT2D eigenvalue weighted by Crippen LogP contribution is 2.37. The van der Waals surface area contributed by atoms with E-state index in [0.29, 0.717) is 0 Å². The summed E-state index contributed by atoms with van der Waals surface area (Å²) in [5, 5.41) is 9.38. The van der Waals surface area contributed by atoms with Crippen molar-refractivity contribution in [1.29, 1.82) is 0 Å². The standard InChI is InChI=1S/C14H12F3NO2/c1-2-3-5-18-6-4-10-7-11(9-19)13(20)12(8-10)14(15,16)17/h2-3,5-9,20H,1,4H2/b5-3-,18-6?. The maximum Gasteiger partial charge on any atom is 0.419 e. The van der Waals surface area contributed by atoms with E-state index in [1.165, 1.54) is 24.6 Å². The molecule has 0 atom stereocenters. The summed E-state index contributed by atoms with van der Waals surface area (Å²) in [7, 11) is 0. The number of benzene rings is 1. The molecule has 1 aromatic carbocycles. The van der Waals surface area contributed by atoms with Crippen LogP contribution in [-0.2, 0) is 12.6 Å². The van der Waals surface area contributed by atoms with E-state index in [-0.39, 0.29) is 18.3 Å². The van der Waals surface area contributed by atoms with Crippen LogP contribution >= 0.6 is 0 Å². The second-order valence-electron chi connectivity index (χ2n) is 3.81. The molecule has 0 aliphatic rings. The average Bonchev–Trinajstić information content (AvgIpc) is 2.38. The van der Waals surface area contributed by atoms with Crippen LogP contribution in [0, 0.1) is 0 Å². The number of carbonyl (C=O) groups excluding carboxylic acids is 1. The molecule has 0 fully saturated rings. The second kappa shape index (κ2) is 6.70. The Morgan fingerprint density at radius 3 is 2.60 bits per heavy atom. The fourth-order valence-corrected chi connectivity index (χ4v) is 1.47. The quantitative estimate of drug-likeness (QED) is 0.510. The SMILES string of the molecule is C=C/C=C\N=CCc1cc(C=O)c(O)c(C(F)(F)F)c1. The molecule has 0 aromatic heterocycles. The minimum atomic E-state index is -4.72. The van der Waals surface area contributed by atoms with Crippen molar-refractivity contribution in [2.45, 2.75) is 12.6 Å². The molecule has 1 aromatic rings. The number of nitrogens with zero attached hydrogens (tertiary/aromatic N) is 1. The van der Waals surface area contributed by atoms with Crippen LogP contribution in [0.4, 0.5) is 13.2 Å². The number of carbonyl (C=O) groups is 1. The summed E-state index contributed by atoms with van der Waals surface area (Å²) in [6.07, 6.45) is 1.45. The van der Waals surface area contributed by atoms with Crippen molar-refractivity contribution in [3.8, 4) is 5.75 Å². The Kier molecular flexibility index (Phi) is 5.25. The van der Waals surface area contributed by atoms with Crippen LogP contribution < -0.4 is 0 Å². The summed E-state index contributed by atoms with van der Waals surface area (Å²) in [6, 6.07) is 1.99. The number of hydrogen-bond donors (Lipinski definition) is 1. The highest BCUT2D eigenvalue weighted by Gasteiger charge is 2.35. The van der Waals surface area contributed by atoms with Crippen molar-refractivity contribution in [2.75, 3.05) is 0 Å². The van der Waals surface area contributed by atoms with Crippen LogP contribution in [-0.4, -0.2) is 17.6 Å².